The number of sulfonamides is 1. The highest BCUT2D eigenvalue weighted by molar-refractivity contribution is 7.88. The molecule has 1 amide bonds. The van der Waals surface area contributed by atoms with Gasteiger partial charge in [0.25, 0.3) is 0 Å². The van der Waals surface area contributed by atoms with E-state index in [0.29, 0.717) is 42.1 Å². The third kappa shape index (κ3) is 4.55. The fourth-order valence-electron chi connectivity index (χ4n) is 4.27. The van der Waals surface area contributed by atoms with E-state index in [9.17, 15) is 13.2 Å². The van der Waals surface area contributed by atoms with Gasteiger partial charge >= 0.3 is 0 Å². The van der Waals surface area contributed by atoms with E-state index < -0.39 is 16.1 Å². The second kappa shape index (κ2) is 8.75. The van der Waals surface area contributed by atoms with Crippen molar-refractivity contribution < 1.29 is 13.2 Å². The Morgan fingerprint density at radius 2 is 2.06 bits per heavy atom. The Hall–Kier alpha value is -1.98. The largest absolute Gasteiger partial charge is 0.339 e. The molecule has 172 valence electrons. The van der Waals surface area contributed by atoms with Gasteiger partial charge < -0.3 is 15.5 Å². The average molecular weight is 499 g/mol. The monoisotopic (exact) mass is 498 g/mol. The van der Waals surface area contributed by atoms with Crippen LogP contribution in [0.3, 0.4) is 0 Å². The maximum absolute atomic E-state index is 13.2. The number of halogens is 2. The molecule has 0 saturated carbocycles. The van der Waals surface area contributed by atoms with Crippen LogP contribution < -0.4 is 10.5 Å². The van der Waals surface area contributed by atoms with Gasteiger partial charge in [0.2, 0.25) is 21.9 Å². The fourth-order valence-corrected chi connectivity index (χ4v) is 5.57. The minimum absolute atomic E-state index is 0.159. The van der Waals surface area contributed by atoms with Crippen molar-refractivity contribution in [2.75, 3.05) is 32.4 Å². The summed E-state index contributed by atoms with van der Waals surface area (Å²) >= 11 is 12.6. The smallest absolute Gasteiger partial charge is 0.249 e. The Kier molecular flexibility index (Phi) is 6.34. The van der Waals surface area contributed by atoms with Gasteiger partial charge in [0.05, 0.1) is 23.5 Å². The number of nitrogens with two attached hydrogens (primary N) is 1. The SMILES string of the molecule is CC1=NC2=NC(C(=O)N3CC[C@H](NS(C)(=O)=O)C3)CN2C(c2ccc(Cl)cc2Cl)=C1CN. The van der Waals surface area contributed by atoms with E-state index in [4.69, 9.17) is 28.9 Å². The Labute approximate surface area is 197 Å². The molecule has 3 aliphatic heterocycles. The molecule has 1 aromatic rings. The lowest BCUT2D eigenvalue weighted by Gasteiger charge is -2.30. The molecule has 3 aliphatic rings. The molecule has 9 nitrogen and oxygen atoms in total. The number of carbonyl (C=O) groups is 1. The summed E-state index contributed by atoms with van der Waals surface area (Å²) in [5.41, 5.74) is 9.09. The van der Waals surface area contributed by atoms with Crippen LogP contribution in [0.15, 0.2) is 33.8 Å². The number of carbonyl (C=O) groups excluding carboxylic acids is 1. The van der Waals surface area contributed by atoms with Gasteiger partial charge in [-0.2, -0.15) is 0 Å². The summed E-state index contributed by atoms with van der Waals surface area (Å²) in [6.07, 6.45) is 1.68. The summed E-state index contributed by atoms with van der Waals surface area (Å²) in [4.78, 5) is 25.8. The highest BCUT2D eigenvalue weighted by atomic mass is 35.5. The number of hydrogen-bond donors (Lipinski definition) is 2. The maximum atomic E-state index is 13.2. The number of hydrogen-bond acceptors (Lipinski definition) is 7. The van der Waals surface area contributed by atoms with Crippen LogP contribution in [0.4, 0.5) is 0 Å². The zero-order valence-electron chi connectivity index (χ0n) is 17.7. The van der Waals surface area contributed by atoms with Gasteiger partial charge in [0.15, 0.2) is 6.04 Å². The molecule has 0 aliphatic carbocycles. The molecule has 1 saturated heterocycles. The number of amides is 1. The number of rotatable bonds is 5. The van der Waals surface area contributed by atoms with Gasteiger partial charge in [-0.15, -0.1) is 0 Å². The van der Waals surface area contributed by atoms with Crippen LogP contribution in [-0.2, 0) is 14.8 Å². The van der Waals surface area contributed by atoms with E-state index in [1.54, 1.807) is 17.0 Å². The lowest BCUT2D eigenvalue weighted by Crippen LogP contribution is -2.42. The fraction of sp³-hybridized carbons (Fsp3) is 0.450. The number of nitrogens with one attached hydrogen (secondary N) is 1. The highest BCUT2D eigenvalue weighted by Gasteiger charge is 2.40. The van der Waals surface area contributed by atoms with E-state index in [0.717, 1.165) is 28.8 Å². The van der Waals surface area contributed by atoms with Gasteiger partial charge in [-0.25, -0.2) is 23.1 Å². The second-order valence-corrected chi connectivity index (χ2v) is 10.7. The van der Waals surface area contributed by atoms with Crippen molar-refractivity contribution in [3.63, 3.8) is 0 Å². The summed E-state index contributed by atoms with van der Waals surface area (Å²) in [5, 5.41) is 0.987. The van der Waals surface area contributed by atoms with Crippen LogP contribution in [0.5, 0.6) is 0 Å². The summed E-state index contributed by atoms with van der Waals surface area (Å²) in [7, 11) is -3.33. The quantitative estimate of drug-likeness (QED) is 0.634. The third-order valence-electron chi connectivity index (χ3n) is 5.68. The molecule has 1 aromatic carbocycles. The molecule has 0 aromatic heterocycles. The van der Waals surface area contributed by atoms with Gasteiger partial charge in [-0.3, -0.25) is 4.79 Å². The topological polar surface area (TPSA) is 120 Å². The van der Waals surface area contributed by atoms with Crippen molar-refractivity contribution in [1.82, 2.24) is 14.5 Å². The normalized spacial score (nSPS) is 23.4. The molecule has 0 radical (unpaired) electrons. The molecular weight excluding hydrogens is 475 g/mol. The van der Waals surface area contributed by atoms with Gasteiger partial charge in [0, 0.05) is 47.5 Å². The van der Waals surface area contributed by atoms with Crippen LogP contribution >= 0.6 is 23.2 Å². The summed E-state index contributed by atoms with van der Waals surface area (Å²) in [6, 6.07) is 4.28. The van der Waals surface area contributed by atoms with Crippen LogP contribution in [0.25, 0.3) is 5.70 Å². The van der Waals surface area contributed by atoms with Crippen LogP contribution in [0.1, 0.15) is 18.9 Å². The summed E-state index contributed by atoms with van der Waals surface area (Å²) < 4.78 is 25.6. The van der Waals surface area contributed by atoms with Crippen molar-refractivity contribution in [3.8, 4) is 0 Å². The lowest BCUT2D eigenvalue weighted by molar-refractivity contribution is -0.131. The first kappa shape index (κ1) is 23.2. The van der Waals surface area contributed by atoms with Crippen LogP contribution in [0.2, 0.25) is 10.0 Å². The van der Waals surface area contributed by atoms with E-state index in [1.165, 1.54) is 0 Å². The Morgan fingerprint density at radius 1 is 1.31 bits per heavy atom. The first-order chi connectivity index (χ1) is 15.1. The molecule has 1 fully saturated rings. The zero-order valence-corrected chi connectivity index (χ0v) is 20.0. The predicted molar refractivity (Wildman–Crippen MR) is 126 cm³/mol. The van der Waals surface area contributed by atoms with Crippen molar-refractivity contribution in [2.45, 2.75) is 25.4 Å². The molecule has 2 atom stereocenters. The third-order valence-corrected chi connectivity index (χ3v) is 6.99. The minimum atomic E-state index is -3.33. The van der Waals surface area contributed by atoms with Crippen LogP contribution in [-0.4, -0.2) is 80.3 Å². The second-order valence-electron chi connectivity index (χ2n) is 8.07. The molecule has 0 spiro atoms. The number of guanidine groups is 1. The van der Waals surface area contributed by atoms with Crippen molar-refractivity contribution in [1.29, 1.82) is 0 Å². The van der Waals surface area contributed by atoms with E-state index >= 15 is 0 Å². The number of fused-ring (bicyclic) bond motifs is 1. The van der Waals surface area contributed by atoms with Crippen molar-refractivity contribution >= 4 is 56.5 Å². The molecular formula is C20H24Cl2N6O3S. The number of aliphatic imine (C=N–C) groups is 2. The molecule has 12 heteroatoms. The van der Waals surface area contributed by atoms with E-state index in [2.05, 4.69) is 14.7 Å². The first-order valence-corrected chi connectivity index (χ1v) is 12.8. The number of benzene rings is 1. The Bertz CT molecular complexity index is 1160. The highest BCUT2D eigenvalue weighted by Crippen LogP contribution is 2.36. The van der Waals surface area contributed by atoms with Crippen molar-refractivity contribution in [2.24, 2.45) is 15.7 Å². The molecule has 32 heavy (non-hydrogen) atoms. The molecule has 4 rings (SSSR count). The number of nitrogens with zero attached hydrogens (tertiary/aromatic N) is 4. The zero-order chi connectivity index (χ0) is 23.2. The van der Waals surface area contributed by atoms with Gasteiger partial charge in [-0.05, 0) is 31.5 Å². The van der Waals surface area contributed by atoms with Crippen LogP contribution in [0, 0.1) is 0 Å². The van der Waals surface area contributed by atoms with E-state index in [1.807, 2.05) is 17.9 Å². The molecule has 3 N–H and O–H groups in total. The summed E-state index contributed by atoms with van der Waals surface area (Å²) in [6.45, 7) is 3.17. The molecule has 0 bridgehead atoms. The maximum Gasteiger partial charge on any atom is 0.249 e. The standard InChI is InChI=1S/C20H24Cl2N6O3S/c1-11-15(8-23)18(14-4-3-12(21)7-16(14)22)28-10-17(25-20(28)24-11)19(29)27-6-5-13(9-27)26-32(2,30)31/h3-4,7,13,17,26H,5-6,8-10,23H2,1-2H3/t13-,17?/m0/s1. The molecule has 1 unspecified atom stereocenters. The lowest BCUT2D eigenvalue weighted by atomic mass is 10.00. The number of likely N-dealkylation sites (tertiary alicyclic amines) is 1. The first-order valence-electron chi connectivity index (χ1n) is 10.1. The van der Waals surface area contributed by atoms with Gasteiger partial charge in [-0.1, -0.05) is 23.2 Å². The Morgan fingerprint density at radius 3 is 2.72 bits per heavy atom. The molecule has 3 heterocycles. The van der Waals surface area contributed by atoms with E-state index in [-0.39, 0.29) is 18.5 Å². The Balaban J connectivity index is 1.59. The summed E-state index contributed by atoms with van der Waals surface area (Å²) in [5.74, 6) is 0.275. The van der Waals surface area contributed by atoms with Gasteiger partial charge in [0.1, 0.15) is 0 Å². The minimum Gasteiger partial charge on any atom is -0.339 e. The van der Waals surface area contributed by atoms with Crippen molar-refractivity contribution in [3.05, 3.63) is 39.4 Å². The predicted octanol–water partition coefficient (Wildman–Crippen LogP) is 1.33. The average Bonchev–Trinajstić information content (AvgIpc) is 3.32.